The molecule has 0 saturated carbocycles. The van der Waals surface area contributed by atoms with Crippen molar-refractivity contribution in [1.29, 1.82) is 5.26 Å². The van der Waals surface area contributed by atoms with E-state index in [2.05, 4.69) is 4.98 Å². The molecule has 3 aromatic rings. The first-order valence-electron chi connectivity index (χ1n) is 7.89. The molecular formula is C20H17N3O2. The molecule has 1 aromatic heterocycles. The van der Waals surface area contributed by atoms with Crippen LogP contribution in [0.25, 0.3) is 22.4 Å². The smallest absolute Gasteiger partial charge is 0.266 e. The predicted molar refractivity (Wildman–Crippen MR) is 98.2 cm³/mol. The van der Waals surface area contributed by atoms with Crippen LogP contribution >= 0.6 is 0 Å². The van der Waals surface area contributed by atoms with Crippen molar-refractivity contribution < 1.29 is 4.74 Å². The molecule has 0 saturated heterocycles. The number of nitriles is 1. The van der Waals surface area contributed by atoms with E-state index in [1.807, 2.05) is 49.4 Å². The van der Waals surface area contributed by atoms with E-state index in [9.17, 15) is 10.1 Å². The molecule has 0 spiro atoms. The van der Waals surface area contributed by atoms with Crippen LogP contribution in [0.5, 0.6) is 5.75 Å². The van der Waals surface area contributed by atoms with Gasteiger partial charge in [-0.2, -0.15) is 5.26 Å². The molecule has 0 fully saturated rings. The van der Waals surface area contributed by atoms with E-state index in [-0.39, 0.29) is 5.56 Å². The fraction of sp³-hybridized carbons (Fsp3) is 0.100. The minimum Gasteiger partial charge on any atom is -0.494 e. The normalized spacial score (nSPS) is 10.2. The van der Waals surface area contributed by atoms with Crippen LogP contribution in [0.3, 0.4) is 0 Å². The van der Waals surface area contributed by atoms with Crippen molar-refractivity contribution in [3.63, 3.8) is 0 Å². The molecule has 3 N–H and O–H groups in total. The van der Waals surface area contributed by atoms with Crippen LogP contribution in [0.1, 0.15) is 12.5 Å². The van der Waals surface area contributed by atoms with Crippen LogP contribution in [0.15, 0.2) is 59.4 Å². The third-order valence-electron chi connectivity index (χ3n) is 3.84. The SMILES string of the molecule is CCOc1ccc(-c2cc(-c3ccc(N)cc3)[nH]c(=O)c2C#N)cc1. The molecule has 0 amide bonds. The lowest BCUT2D eigenvalue weighted by atomic mass is 9.99. The van der Waals surface area contributed by atoms with Crippen LogP contribution in [0.4, 0.5) is 5.69 Å². The van der Waals surface area contributed by atoms with E-state index >= 15 is 0 Å². The lowest BCUT2D eigenvalue weighted by Gasteiger charge is -2.09. The number of hydrogen-bond acceptors (Lipinski definition) is 4. The summed E-state index contributed by atoms with van der Waals surface area (Å²) in [4.78, 5) is 15.1. The maximum absolute atomic E-state index is 12.3. The molecule has 0 aliphatic rings. The molecule has 25 heavy (non-hydrogen) atoms. The summed E-state index contributed by atoms with van der Waals surface area (Å²) in [5.74, 6) is 0.744. The first-order valence-corrected chi connectivity index (χ1v) is 7.89. The number of aromatic amines is 1. The minimum atomic E-state index is -0.416. The molecular weight excluding hydrogens is 314 g/mol. The van der Waals surface area contributed by atoms with Gasteiger partial charge in [-0.05, 0) is 48.4 Å². The van der Waals surface area contributed by atoms with Crippen LogP contribution in [-0.4, -0.2) is 11.6 Å². The lowest BCUT2D eigenvalue weighted by Crippen LogP contribution is -2.12. The third kappa shape index (κ3) is 3.38. The van der Waals surface area contributed by atoms with E-state index in [1.54, 1.807) is 18.2 Å². The van der Waals surface area contributed by atoms with Gasteiger partial charge in [-0.15, -0.1) is 0 Å². The summed E-state index contributed by atoms with van der Waals surface area (Å²) >= 11 is 0. The highest BCUT2D eigenvalue weighted by Gasteiger charge is 2.12. The molecule has 0 aliphatic carbocycles. The van der Waals surface area contributed by atoms with Gasteiger partial charge in [0.15, 0.2) is 0 Å². The van der Waals surface area contributed by atoms with Gasteiger partial charge in [0.05, 0.1) is 6.61 Å². The second-order valence-electron chi connectivity index (χ2n) is 5.49. The first kappa shape index (κ1) is 16.3. The second-order valence-corrected chi connectivity index (χ2v) is 5.49. The van der Waals surface area contributed by atoms with Crippen molar-refractivity contribution in [2.45, 2.75) is 6.92 Å². The van der Waals surface area contributed by atoms with Crippen LogP contribution in [0, 0.1) is 11.3 Å². The summed E-state index contributed by atoms with van der Waals surface area (Å²) in [5.41, 5.74) is 8.85. The monoisotopic (exact) mass is 331 g/mol. The molecule has 3 rings (SSSR count). The maximum Gasteiger partial charge on any atom is 0.266 e. The zero-order valence-corrected chi connectivity index (χ0v) is 13.7. The number of nitrogens with one attached hydrogen (secondary N) is 1. The summed E-state index contributed by atoms with van der Waals surface area (Å²) < 4.78 is 5.44. The summed E-state index contributed by atoms with van der Waals surface area (Å²) in [6.07, 6.45) is 0. The average molecular weight is 331 g/mol. The fourth-order valence-electron chi connectivity index (χ4n) is 2.61. The van der Waals surface area contributed by atoms with Gasteiger partial charge in [0, 0.05) is 16.9 Å². The maximum atomic E-state index is 12.3. The Morgan fingerprint density at radius 3 is 2.32 bits per heavy atom. The van der Waals surface area contributed by atoms with E-state index in [1.165, 1.54) is 0 Å². The van der Waals surface area contributed by atoms with Gasteiger partial charge >= 0.3 is 0 Å². The zero-order chi connectivity index (χ0) is 17.8. The standard InChI is InChI=1S/C20H17N3O2/c1-2-25-16-9-5-13(6-10-16)17-11-19(23-20(24)18(17)12-21)14-3-7-15(22)8-4-14/h3-11H,2,22H2,1H3,(H,23,24). The van der Waals surface area contributed by atoms with Crippen molar-refractivity contribution in [2.75, 3.05) is 12.3 Å². The van der Waals surface area contributed by atoms with Gasteiger partial charge in [0.1, 0.15) is 17.4 Å². The highest BCUT2D eigenvalue weighted by molar-refractivity contribution is 5.75. The minimum absolute atomic E-state index is 0.0864. The Bertz CT molecular complexity index is 981. The Labute approximate surface area is 145 Å². The Kier molecular flexibility index (Phi) is 4.53. The molecule has 0 unspecified atom stereocenters. The Morgan fingerprint density at radius 2 is 1.72 bits per heavy atom. The second kappa shape index (κ2) is 6.93. The Hall–Kier alpha value is -3.52. The number of nitrogens with zero attached hydrogens (tertiary/aromatic N) is 1. The number of hydrogen-bond donors (Lipinski definition) is 2. The van der Waals surface area contributed by atoms with E-state index < -0.39 is 5.56 Å². The van der Waals surface area contributed by atoms with Crippen molar-refractivity contribution in [3.8, 4) is 34.2 Å². The highest BCUT2D eigenvalue weighted by Crippen LogP contribution is 2.28. The summed E-state index contributed by atoms with van der Waals surface area (Å²) in [5, 5.41) is 9.39. The van der Waals surface area contributed by atoms with Crippen molar-refractivity contribution in [2.24, 2.45) is 0 Å². The van der Waals surface area contributed by atoms with Crippen molar-refractivity contribution in [1.82, 2.24) is 4.98 Å². The molecule has 0 atom stereocenters. The van der Waals surface area contributed by atoms with Gasteiger partial charge in [-0.25, -0.2) is 0 Å². The third-order valence-corrected chi connectivity index (χ3v) is 3.84. The molecule has 2 aromatic carbocycles. The Balaban J connectivity index is 2.13. The molecule has 5 nitrogen and oxygen atoms in total. The van der Waals surface area contributed by atoms with Crippen LogP contribution in [-0.2, 0) is 0 Å². The topological polar surface area (TPSA) is 91.9 Å². The van der Waals surface area contributed by atoms with Crippen LogP contribution < -0.4 is 16.0 Å². The van der Waals surface area contributed by atoms with E-state index in [0.29, 0.717) is 23.6 Å². The lowest BCUT2D eigenvalue weighted by molar-refractivity contribution is 0.340. The number of nitrogen functional groups attached to an aromatic ring is 1. The first-order chi connectivity index (χ1) is 12.1. The van der Waals surface area contributed by atoms with Crippen molar-refractivity contribution in [3.05, 3.63) is 70.5 Å². The fourth-order valence-corrected chi connectivity index (χ4v) is 2.61. The number of rotatable bonds is 4. The quantitative estimate of drug-likeness (QED) is 0.715. The van der Waals surface area contributed by atoms with E-state index in [0.717, 1.165) is 16.9 Å². The molecule has 0 bridgehead atoms. The number of nitrogens with two attached hydrogens (primary N) is 1. The zero-order valence-electron chi connectivity index (χ0n) is 13.7. The molecule has 0 radical (unpaired) electrons. The number of H-pyrrole nitrogens is 1. The average Bonchev–Trinajstić information content (AvgIpc) is 2.62. The number of ether oxygens (including phenoxy) is 1. The highest BCUT2D eigenvalue weighted by atomic mass is 16.5. The molecule has 5 heteroatoms. The largest absolute Gasteiger partial charge is 0.494 e. The Morgan fingerprint density at radius 1 is 1.08 bits per heavy atom. The van der Waals surface area contributed by atoms with Gasteiger partial charge in [-0.1, -0.05) is 24.3 Å². The van der Waals surface area contributed by atoms with Crippen LogP contribution in [0.2, 0.25) is 0 Å². The van der Waals surface area contributed by atoms with Gasteiger partial charge in [-0.3, -0.25) is 4.79 Å². The number of anilines is 1. The predicted octanol–water partition coefficient (Wildman–Crippen LogP) is 3.56. The van der Waals surface area contributed by atoms with Gasteiger partial charge in [0.25, 0.3) is 5.56 Å². The van der Waals surface area contributed by atoms with Gasteiger partial charge < -0.3 is 15.5 Å². The molecule has 1 heterocycles. The molecule has 0 aliphatic heterocycles. The number of aromatic nitrogens is 1. The number of pyridine rings is 1. The summed E-state index contributed by atoms with van der Waals surface area (Å²) in [6.45, 7) is 2.49. The molecule has 124 valence electrons. The van der Waals surface area contributed by atoms with Gasteiger partial charge in [0.2, 0.25) is 0 Å². The van der Waals surface area contributed by atoms with Crippen molar-refractivity contribution >= 4 is 5.69 Å². The van der Waals surface area contributed by atoms with E-state index in [4.69, 9.17) is 10.5 Å². The number of benzene rings is 2. The summed E-state index contributed by atoms with van der Waals surface area (Å²) in [7, 11) is 0. The summed E-state index contributed by atoms with van der Waals surface area (Å²) in [6, 6.07) is 18.3.